The Kier molecular flexibility index (Phi) is 3.69. The van der Waals surface area contributed by atoms with E-state index in [1.165, 1.54) is 0 Å². The van der Waals surface area contributed by atoms with Gasteiger partial charge in [0.05, 0.1) is 0 Å². The maximum atomic E-state index is 11.3. The molecular formula is C11H12N2O. The number of nitrogens with zero attached hydrogens (tertiary/aromatic N) is 2. The summed E-state index contributed by atoms with van der Waals surface area (Å²) in [4.78, 5) is 16.8. The Morgan fingerprint density at radius 1 is 1.64 bits per heavy atom. The first-order chi connectivity index (χ1) is 6.74. The highest BCUT2D eigenvalue weighted by molar-refractivity contribution is 5.93. The van der Waals surface area contributed by atoms with Crippen molar-refractivity contribution in [3.8, 4) is 11.8 Å². The van der Waals surface area contributed by atoms with E-state index in [2.05, 4.69) is 16.8 Å². The summed E-state index contributed by atoms with van der Waals surface area (Å²) >= 11 is 0. The van der Waals surface area contributed by atoms with Gasteiger partial charge < -0.3 is 4.90 Å². The van der Waals surface area contributed by atoms with Crippen LogP contribution in [0.25, 0.3) is 0 Å². The number of aromatic nitrogens is 1. The summed E-state index contributed by atoms with van der Waals surface area (Å²) in [6.07, 6.45) is 3.44. The van der Waals surface area contributed by atoms with Crippen LogP contribution in [0.1, 0.15) is 12.5 Å². The number of carbonyl (C=O) groups is 1. The summed E-state index contributed by atoms with van der Waals surface area (Å²) < 4.78 is 0. The minimum Gasteiger partial charge on any atom is -0.331 e. The highest BCUT2D eigenvalue weighted by Crippen LogP contribution is 2.00. The molecule has 0 saturated carbocycles. The quantitative estimate of drug-likeness (QED) is 0.650. The summed E-state index contributed by atoms with van der Waals surface area (Å²) in [5.74, 6) is 4.89. The molecule has 0 bridgehead atoms. The number of amides is 1. The molecule has 0 radical (unpaired) electrons. The van der Waals surface area contributed by atoms with Gasteiger partial charge in [0.15, 0.2) is 0 Å². The molecule has 0 aliphatic heterocycles. The van der Waals surface area contributed by atoms with Crippen molar-refractivity contribution in [2.75, 3.05) is 7.05 Å². The van der Waals surface area contributed by atoms with Gasteiger partial charge in [0.2, 0.25) is 0 Å². The van der Waals surface area contributed by atoms with Crippen LogP contribution >= 0.6 is 0 Å². The molecule has 1 aromatic rings. The first kappa shape index (κ1) is 10.3. The monoisotopic (exact) mass is 188 g/mol. The molecule has 3 heteroatoms. The highest BCUT2D eigenvalue weighted by Gasteiger charge is 2.04. The van der Waals surface area contributed by atoms with Crippen molar-refractivity contribution in [3.63, 3.8) is 0 Å². The lowest BCUT2D eigenvalue weighted by atomic mass is 10.3. The Morgan fingerprint density at radius 2 is 2.43 bits per heavy atom. The van der Waals surface area contributed by atoms with E-state index in [-0.39, 0.29) is 5.91 Å². The van der Waals surface area contributed by atoms with Gasteiger partial charge in [-0.3, -0.25) is 9.78 Å². The van der Waals surface area contributed by atoms with Gasteiger partial charge in [-0.15, -0.1) is 0 Å². The zero-order chi connectivity index (χ0) is 10.4. The molecule has 0 saturated heterocycles. The molecule has 0 aliphatic rings. The largest absolute Gasteiger partial charge is 0.331 e. The predicted octanol–water partition coefficient (Wildman–Crippen LogP) is 1.06. The second-order valence-corrected chi connectivity index (χ2v) is 2.90. The molecule has 0 aliphatic carbocycles. The van der Waals surface area contributed by atoms with Gasteiger partial charge in [-0.05, 0) is 24.5 Å². The van der Waals surface area contributed by atoms with Gasteiger partial charge in [0.25, 0.3) is 5.91 Å². The second-order valence-electron chi connectivity index (χ2n) is 2.90. The minimum atomic E-state index is -0.170. The molecule has 14 heavy (non-hydrogen) atoms. The van der Waals surface area contributed by atoms with Crippen molar-refractivity contribution in [1.82, 2.24) is 9.88 Å². The smallest absolute Gasteiger partial charge is 0.298 e. The van der Waals surface area contributed by atoms with Gasteiger partial charge >= 0.3 is 0 Å². The van der Waals surface area contributed by atoms with E-state index in [1.54, 1.807) is 31.3 Å². The summed E-state index contributed by atoms with van der Waals surface area (Å²) in [6.45, 7) is 2.19. The molecule has 0 aromatic carbocycles. The lowest BCUT2D eigenvalue weighted by Crippen LogP contribution is -2.24. The number of rotatable bonds is 2. The molecule has 3 nitrogen and oxygen atoms in total. The molecule has 0 N–H and O–H groups in total. The molecule has 0 spiro atoms. The SMILES string of the molecule is CC#CC(=O)N(C)Cc1cccnc1. The Hall–Kier alpha value is -1.82. The molecule has 1 amide bonds. The third-order valence-corrected chi connectivity index (χ3v) is 1.72. The van der Waals surface area contributed by atoms with Crippen LogP contribution < -0.4 is 0 Å². The minimum absolute atomic E-state index is 0.170. The molecule has 0 fully saturated rings. The number of carbonyl (C=O) groups excluding carboxylic acids is 1. The third-order valence-electron chi connectivity index (χ3n) is 1.72. The summed E-state index contributed by atoms with van der Waals surface area (Å²) in [5.41, 5.74) is 1.00. The van der Waals surface area contributed by atoms with E-state index in [0.717, 1.165) is 5.56 Å². The van der Waals surface area contributed by atoms with E-state index in [4.69, 9.17) is 0 Å². The fourth-order valence-corrected chi connectivity index (χ4v) is 1.04. The fraction of sp³-hybridized carbons (Fsp3) is 0.273. The average molecular weight is 188 g/mol. The van der Waals surface area contributed by atoms with Gasteiger partial charge in [-0.1, -0.05) is 12.0 Å². The second kappa shape index (κ2) is 5.03. The van der Waals surface area contributed by atoms with Crippen molar-refractivity contribution in [2.24, 2.45) is 0 Å². The molecule has 1 aromatic heterocycles. The normalized spacial score (nSPS) is 8.71. The van der Waals surface area contributed by atoms with E-state index in [9.17, 15) is 4.79 Å². The first-order valence-electron chi connectivity index (χ1n) is 4.31. The van der Waals surface area contributed by atoms with Crippen molar-refractivity contribution < 1.29 is 4.79 Å². The molecular weight excluding hydrogens is 176 g/mol. The van der Waals surface area contributed by atoms with Crippen LogP contribution in [0.4, 0.5) is 0 Å². The maximum absolute atomic E-state index is 11.3. The van der Waals surface area contributed by atoms with Crippen molar-refractivity contribution >= 4 is 5.91 Å². The maximum Gasteiger partial charge on any atom is 0.298 e. The van der Waals surface area contributed by atoms with E-state index in [1.807, 2.05) is 12.1 Å². The highest BCUT2D eigenvalue weighted by atomic mass is 16.2. The molecule has 72 valence electrons. The average Bonchev–Trinajstić information content (AvgIpc) is 2.19. The van der Waals surface area contributed by atoms with Gasteiger partial charge in [-0.2, -0.15) is 0 Å². The molecule has 0 atom stereocenters. The molecule has 1 rings (SSSR count). The lowest BCUT2D eigenvalue weighted by Gasteiger charge is -2.12. The van der Waals surface area contributed by atoms with E-state index < -0.39 is 0 Å². The molecule has 0 unspecified atom stereocenters. The Balaban J connectivity index is 2.60. The Bertz CT molecular complexity index is 362. The van der Waals surface area contributed by atoms with Gasteiger partial charge in [0.1, 0.15) is 0 Å². The van der Waals surface area contributed by atoms with Crippen LogP contribution in [0.2, 0.25) is 0 Å². The van der Waals surface area contributed by atoms with Crippen molar-refractivity contribution in [1.29, 1.82) is 0 Å². The molecule has 1 heterocycles. The van der Waals surface area contributed by atoms with Crippen molar-refractivity contribution in [3.05, 3.63) is 30.1 Å². The third kappa shape index (κ3) is 2.91. The predicted molar refractivity (Wildman–Crippen MR) is 54.2 cm³/mol. The first-order valence-corrected chi connectivity index (χ1v) is 4.31. The Labute approximate surface area is 83.8 Å². The van der Waals surface area contributed by atoms with Crippen LogP contribution in [0, 0.1) is 11.8 Å². The van der Waals surface area contributed by atoms with E-state index in [0.29, 0.717) is 6.54 Å². The summed E-state index contributed by atoms with van der Waals surface area (Å²) in [7, 11) is 1.72. The van der Waals surface area contributed by atoms with E-state index >= 15 is 0 Å². The summed E-state index contributed by atoms with van der Waals surface area (Å²) in [5, 5.41) is 0. The number of hydrogen-bond donors (Lipinski definition) is 0. The topological polar surface area (TPSA) is 33.2 Å². The Morgan fingerprint density at radius 3 is 3.00 bits per heavy atom. The van der Waals surface area contributed by atoms with Crippen LogP contribution in [0.3, 0.4) is 0 Å². The van der Waals surface area contributed by atoms with Crippen LogP contribution in [-0.4, -0.2) is 22.8 Å². The number of hydrogen-bond acceptors (Lipinski definition) is 2. The fourth-order valence-electron chi connectivity index (χ4n) is 1.04. The lowest BCUT2D eigenvalue weighted by molar-refractivity contribution is -0.124. The van der Waals surface area contributed by atoms with Crippen LogP contribution in [0.5, 0.6) is 0 Å². The zero-order valence-electron chi connectivity index (χ0n) is 8.32. The van der Waals surface area contributed by atoms with Gasteiger partial charge in [-0.25, -0.2) is 0 Å². The van der Waals surface area contributed by atoms with Crippen LogP contribution in [0.15, 0.2) is 24.5 Å². The summed E-state index contributed by atoms with van der Waals surface area (Å²) in [6, 6.07) is 3.77. The van der Waals surface area contributed by atoms with Crippen LogP contribution in [-0.2, 0) is 11.3 Å². The number of pyridine rings is 1. The van der Waals surface area contributed by atoms with Crippen molar-refractivity contribution in [2.45, 2.75) is 13.5 Å². The van der Waals surface area contributed by atoms with Gasteiger partial charge in [0, 0.05) is 26.0 Å². The standard InChI is InChI=1S/C11H12N2O/c1-3-5-11(14)13(2)9-10-6-4-7-12-8-10/h4,6-8H,9H2,1-2H3. The zero-order valence-corrected chi connectivity index (χ0v) is 8.32.